The standard InChI is InChI=1S/C22H24O7/c1-5-6-15-8-13-9-18(22(3,26)20(24)16(13)11-28-15)29-21(25)19-12(2)7-14(23)10-17(19)27-4/h5-8,10,18,23,26H,9,11H2,1-4H3/b6-5+/t18-,22+/m1/s1. The maximum Gasteiger partial charge on any atom is 0.342 e. The topological polar surface area (TPSA) is 102 Å². The summed E-state index contributed by atoms with van der Waals surface area (Å²) in [6.45, 7) is 4.88. The van der Waals surface area contributed by atoms with Crippen LogP contribution in [-0.2, 0) is 14.3 Å². The molecule has 0 spiro atoms. The van der Waals surface area contributed by atoms with Gasteiger partial charge in [-0.15, -0.1) is 0 Å². The van der Waals surface area contributed by atoms with Crippen LogP contribution in [0.25, 0.3) is 0 Å². The number of hydrogen-bond acceptors (Lipinski definition) is 7. The molecule has 2 N–H and O–H groups in total. The lowest BCUT2D eigenvalue weighted by atomic mass is 9.77. The number of Topliss-reactive ketones (excluding diaryl/α,β-unsaturated/α-hetero) is 1. The number of hydrogen-bond donors (Lipinski definition) is 2. The van der Waals surface area contributed by atoms with E-state index in [1.54, 1.807) is 19.1 Å². The summed E-state index contributed by atoms with van der Waals surface area (Å²) in [5, 5.41) is 20.5. The highest BCUT2D eigenvalue weighted by Gasteiger charge is 2.48. The fourth-order valence-corrected chi connectivity index (χ4v) is 3.56. The van der Waals surface area contributed by atoms with Crippen LogP contribution in [0.3, 0.4) is 0 Å². The van der Waals surface area contributed by atoms with Gasteiger partial charge in [0.05, 0.1) is 7.11 Å². The Bertz CT molecular complexity index is 950. The SMILES string of the molecule is C/C=C/C1=CC2=C(CO1)C(=O)[C@@](C)(O)[C@H](OC(=O)c1c(C)cc(O)cc1OC)C2. The van der Waals surface area contributed by atoms with Gasteiger partial charge in [0, 0.05) is 18.1 Å². The minimum Gasteiger partial charge on any atom is -0.508 e. The predicted molar refractivity (Wildman–Crippen MR) is 105 cm³/mol. The number of aliphatic hydroxyl groups is 1. The van der Waals surface area contributed by atoms with E-state index in [2.05, 4.69) is 0 Å². The molecule has 7 nitrogen and oxygen atoms in total. The minimum absolute atomic E-state index is 0.0469. The van der Waals surface area contributed by atoms with Crippen LogP contribution in [0.4, 0.5) is 0 Å². The normalized spacial score (nSPS) is 24.1. The van der Waals surface area contributed by atoms with Crippen LogP contribution < -0.4 is 4.74 Å². The number of aromatic hydroxyl groups is 1. The van der Waals surface area contributed by atoms with E-state index in [0.717, 1.165) is 0 Å². The summed E-state index contributed by atoms with van der Waals surface area (Å²) in [6.07, 6.45) is 4.39. The number of phenols is 1. The molecule has 3 rings (SSSR count). The van der Waals surface area contributed by atoms with Crippen LogP contribution >= 0.6 is 0 Å². The third-order valence-corrected chi connectivity index (χ3v) is 5.14. The zero-order valence-electron chi connectivity index (χ0n) is 16.8. The first-order valence-electron chi connectivity index (χ1n) is 9.24. The van der Waals surface area contributed by atoms with E-state index >= 15 is 0 Å². The van der Waals surface area contributed by atoms with Crippen LogP contribution in [-0.4, -0.2) is 47.4 Å². The maximum atomic E-state index is 12.9. The van der Waals surface area contributed by atoms with Crippen molar-refractivity contribution in [2.24, 2.45) is 0 Å². The number of ketones is 1. The van der Waals surface area contributed by atoms with Gasteiger partial charge >= 0.3 is 5.97 Å². The van der Waals surface area contributed by atoms with Crippen molar-refractivity contribution in [2.75, 3.05) is 13.7 Å². The fourth-order valence-electron chi connectivity index (χ4n) is 3.56. The molecule has 1 aromatic rings. The predicted octanol–water partition coefficient (Wildman–Crippen LogP) is 2.75. The number of aryl methyl sites for hydroxylation is 1. The van der Waals surface area contributed by atoms with E-state index in [4.69, 9.17) is 14.2 Å². The molecule has 0 saturated heterocycles. The van der Waals surface area contributed by atoms with Gasteiger partial charge in [-0.3, -0.25) is 4.79 Å². The molecule has 154 valence electrons. The summed E-state index contributed by atoms with van der Waals surface area (Å²) in [5.41, 5.74) is -0.246. The summed E-state index contributed by atoms with van der Waals surface area (Å²) in [6, 6.07) is 2.72. The van der Waals surface area contributed by atoms with Gasteiger partial charge in [-0.25, -0.2) is 4.79 Å². The second-order valence-corrected chi connectivity index (χ2v) is 7.25. The highest BCUT2D eigenvalue weighted by molar-refractivity contribution is 6.05. The zero-order valence-corrected chi connectivity index (χ0v) is 16.8. The molecule has 29 heavy (non-hydrogen) atoms. The molecule has 0 fully saturated rings. The number of rotatable bonds is 4. The monoisotopic (exact) mass is 400 g/mol. The Balaban J connectivity index is 1.93. The number of carbonyl (C=O) groups is 2. The smallest absolute Gasteiger partial charge is 0.342 e. The Morgan fingerprint density at radius 2 is 2.10 bits per heavy atom. The molecule has 1 aliphatic carbocycles. The van der Waals surface area contributed by atoms with Crippen molar-refractivity contribution in [1.29, 1.82) is 0 Å². The lowest BCUT2D eigenvalue weighted by molar-refractivity contribution is -0.146. The van der Waals surface area contributed by atoms with Crippen LogP contribution in [0.5, 0.6) is 11.5 Å². The maximum absolute atomic E-state index is 12.9. The average molecular weight is 400 g/mol. The first kappa shape index (κ1) is 20.7. The van der Waals surface area contributed by atoms with Crippen molar-refractivity contribution >= 4 is 11.8 Å². The molecular weight excluding hydrogens is 376 g/mol. The van der Waals surface area contributed by atoms with E-state index in [0.29, 0.717) is 22.5 Å². The van der Waals surface area contributed by atoms with Gasteiger partial charge in [-0.05, 0) is 50.1 Å². The van der Waals surface area contributed by atoms with Crippen LogP contribution in [0.15, 0.2) is 47.3 Å². The number of carbonyl (C=O) groups excluding carboxylic acids is 2. The third kappa shape index (κ3) is 3.78. The molecule has 0 radical (unpaired) electrons. The van der Waals surface area contributed by atoms with Gasteiger partial charge in [-0.1, -0.05) is 6.08 Å². The Kier molecular flexibility index (Phi) is 5.53. The number of allylic oxidation sites excluding steroid dienone is 3. The van der Waals surface area contributed by atoms with Gasteiger partial charge in [-0.2, -0.15) is 0 Å². The van der Waals surface area contributed by atoms with Crippen molar-refractivity contribution in [3.63, 3.8) is 0 Å². The van der Waals surface area contributed by atoms with E-state index in [-0.39, 0.29) is 30.1 Å². The van der Waals surface area contributed by atoms with E-state index in [9.17, 15) is 19.8 Å². The molecule has 7 heteroatoms. The van der Waals surface area contributed by atoms with Crippen LogP contribution in [0.1, 0.15) is 36.2 Å². The van der Waals surface area contributed by atoms with Gasteiger partial charge in [0.25, 0.3) is 0 Å². The first-order valence-corrected chi connectivity index (χ1v) is 9.24. The Morgan fingerprint density at radius 3 is 2.76 bits per heavy atom. The Morgan fingerprint density at radius 1 is 1.38 bits per heavy atom. The summed E-state index contributed by atoms with van der Waals surface area (Å²) in [4.78, 5) is 25.7. The molecule has 1 heterocycles. The largest absolute Gasteiger partial charge is 0.508 e. The van der Waals surface area contributed by atoms with E-state index in [1.165, 1.54) is 26.2 Å². The molecule has 0 saturated carbocycles. The van der Waals surface area contributed by atoms with Crippen molar-refractivity contribution < 1.29 is 34.0 Å². The van der Waals surface area contributed by atoms with Gasteiger partial charge in [0.15, 0.2) is 11.4 Å². The summed E-state index contributed by atoms with van der Waals surface area (Å²) >= 11 is 0. The molecule has 0 bridgehead atoms. The fraction of sp³-hybridized carbons (Fsp3) is 0.364. The highest BCUT2D eigenvalue weighted by Crippen LogP contribution is 2.37. The van der Waals surface area contributed by atoms with Crippen molar-refractivity contribution in [1.82, 2.24) is 0 Å². The third-order valence-electron chi connectivity index (χ3n) is 5.14. The number of benzene rings is 1. The molecule has 0 unspecified atom stereocenters. The lowest BCUT2D eigenvalue weighted by Crippen LogP contribution is -2.53. The number of esters is 1. The number of methoxy groups -OCH3 is 1. The first-order chi connectivity index (χ1) is 13.7. The van der Waals surface area contributed by atoms with Gasteiger partial charge in [0.2, 0.25) is 0 Å². The van der Waals surface area contributed by atoms with Gasteiger partial charge < -0.3 is 24.4 Å². The summed E-state index contributed by atoms with van der Waals surface area (Å²) in [5.74, 6) is -0.570. The van der Waals surface area contributed by atoms with Crippen molar-refractivity contribution in [2.45, 2.75) is 38.9 Å². The minimum atomic E-state index is -1.89. The number of phenolic OH excluding ortho intramolecular Hbond substituents is 1. The summed E-state index contributed by atoms with van der Waals surface area (Å²) in [7, 11) is 1.37. The Labute approximate surface area is 168 Å². The van der Waals surface area contributed by atoms with Crippen molar-refractivity contribution in [3.8, 4) is 11.5 Å². The van der Waals surface area contributed by atoms with E-state index in [1.807, 2.05) is 13.0 Å². The molecule has 1 aromatic carbocycles. The zero-order chi connectivity index (χ0) is 21.3. The van der Waals surface area contributed by atoms with Crippen LogP contribution in [0.2, 0.25) is 0 Å². The molecular formula is C22H24O7. The second-order valence-electron chi connectivity index (χ2n) is 7.25. The quantitative estimate of drug-likeness (QED) is 0.749. The number of ether oxygens (including phenoxy) is 3. The van der Waals surface area contributed by atoms with Crippen molar-refractivity contribution in [3.05, 3.63) is 58.4 Å². The highest BCUT2D eigenvalue weighted by atomic mass is 16.6. The average Bonchev–Trinajstić information content (AvgIpc) is 2.65. The summed E-state index contributed by atoms with van der Waals surface area (Å²) < 4.78 is 16.3. The second kappa shape index (κ2) is 7.75. The van der Waals surface area contributed by atoms with E-state index < -0.39 is 23.5 Å². The lowest BCUT2D eigenvalue weighted by Gasteiger charge is -2.38. The Hall–Kier alpha value is -3.06. The molecule has 0 aromatic heterocycles. The van der Waals surface area contributed by atoms with Gasteiger partial charge in [0.1, 0.15) is 35.5 Å². The molecule has 1 aliphatic heterocycles. The molecule has 2 atom stereocenters. The van der Waals surface area contributed by atoms with Crippen LogP contribution in [0, 0.1) is 6.92 Å². The molecule has 2 aliphatic rings. The molecule has 0 amide bonds.